The highest BCUT2D eigenvalue weighted by Gasteiger charge is 2.12. The summed E-state index contributed by atoms with van der Waals surface area (Å²) in [6.07, 6.45) is 0. The van der Waals surface area contributed by atoms with E-state index in [4.69, 9.17) is 28.9 Å². The lowest BCUT2D eigenvalue weighted by molar-refractivity contribution is 0.636. The van der Waals surface area contributed by atoms with Gasteiger partial charge in [0.2, 0.25) is 0 Å². The molecule has 8 heavy (non-hydrogen) atoms. The van der Waals surface area contributed by atoms with Gasteiger partial charge in [-0.25, -0.2) is 0 Å². The maximum atomic E-state index is 5.51. The van der Waals surface area contributed by atoms with Gasteiger partial charge in [-0.3, -0.25) is 5.32 Å². The largest absolute Gasteiger partial charge is 0.329 e. The van der Waals surface area contributed by atoms with E-state index in [1.54, 1.807) is 6.92 Å². The SMILES string of the molecule is CC(Cl)(Cl)NCCN. The van der Waals surface area contributed by atoms with Gasteiger partial charge in [-0.1, -0.05) is 23.2 Å². The highest BCUT2D eigenvalue weighted by molar-refractivity contribution is 6.47. The van der Waals surface area contributed by atoms with Crippen LogP contribution < -0.4 is 11.1 Å². The first-order valence-electron chi connectivity index (χ1n) is 2.39. The van der Waals surface area contributed by atoms with E-state index in [1.807, 2.05) is 0 Å². The third kappa shape index (κ3) is 6.50. The summed E-state index contributed by atoms with van der Waals surface area (Å²) in [4.78, 5) is 0. The van der Waals surface area contributed by atoms with Gasteiger partial charge in [-0.2, -0.15) is 0 Å². The molecule has 0 aliphatic rings. The van der Waals surface area contributed by atoms with Crippen molar-refractivity contribution in [1.29, 1.82) is 0 Å². The standard InChI is InChI=1S/C4H10Cl2N2/c1-4(5,6)8-3-2-7/h8H,2-3,7H2,1H3. The molecular weight excluding hydrogens is 147 g/mol. The molecule has 0 saturated carbocycles. The molecule has 4 heteroatoms. The fourth-order valence-corrected chi connectivity index (χ4v) is 0.481. The molecule has 0 atom stereocenters. The molecule has 2 nitrogen and oxygen atoms in total. The third-order valence-corrected chi connectivity index (χ3v) is 0.847. The predicted octanol–water partition coefficient (Wildman–Crippen LogP) is 0.686. The van der Waals surface area contributed by atoms with Crippen molar-refractivity contribution >= 4 is 23.2 Å². The molecule has 0 spiro atoms. The van der Waals surface area contributed by atoms with Crippen LogP contribution in [0.25, 0.3) is 0 Å². The Hall–Kier alpha value is 0.500. The summed E-state index contributed by atoms with van der Waals surface area (Å²) in [7, 11) is 0. The lowest BCUT2D eigenvalue weighted by Gasteiger charge is -2.13. The predicted molar refractivity (Wildman–Crippen MR) is 37.2 cm³/mol. The molecule has 0 radical (unpaired) electrons. The maximum Gasteiger partial charge on any atom is 0.166 e. The first kappa shape index (κ1) is 8.50. The second-order valence-electron chi connectivity index (χ2n) is 1.60. The van der Waals surface area contributed by atoms with Crippen molar-refractivity contribution in [3.05, 3.63) is 0 Å². The molecule has 3 N–H and O–H groups in total. The Morgan fingerprint density at radius 3 is 2.25 bits per heavy atom. The van der Waals surface area contributed by atoms with Crippen molar-refractivity contribution in [2.24, 2.45) is 5.73 Å². The first-order valence-corrected chi connectivity index (χ1v) is 3.15. The lowest BCUT2D eigenvalue weighted by atomic mass is 10.6. The topological polar surface area (TPSA) is 38.0 Å². The minimum Gasteiger partial charge on any atom is -0.329 e. The molecule has 0 amide bonds. The number of rotatable bonds is 3. The van der Waals surface area contributed by atoms with Crippen LogP contribution in [0, 0.1) is 0 Å². The van der Waals surface area contributed by atoms with Gasteiger partial charge < -0.3 is 5.73 Å². The fourth-order valence-electron chi connectivity index (χ4n) is 0.292. The van der Waals surface area contributed by atoms with Crippen LogP contribution in [0.4, 0.5) is 0 Å². The Morgan fingerprint density at radius 1 is 1.62 bits per heavy atom. The van der Waals surface area contributed by atoms with Crippen LogP contribution in [0.2, 0.25) is 0 Å². The molecule has 0 aliphatic heterocycles. The Labute approximate surface area is 59.3 Å². The number of halogens is 2. The number of hydrogen-bond donors (Lipinski definition) is 2. The van der Waals surface area contributed by atoms with Crippen LogP contribution >= 0.6 is 23.2 Å². The van der Waals surface area contributed by atoms with Gasteiger partial charge in [0, 0.05) is 13.1 Å². The first-order chi connectivity index (χ1) is 3.56. The zero-order chi connectivity index (χ0) is 6.62. The van der Waals surface area contributed by atoms with Crippen molar-refractivity contribution in [3.63, 3.8) is 0 Å². The molecule has 0 fully saturated rings. The Kier molecular flexibility index (Phi) is 3.73. The van der Waals surface area contributed by atoms with Crippen LogP contribution in [0.5, 0.6) is 0 Å². The van der Waals surface area contributed by atoms with Gasteiger partial charge in [0.05, 0.1) is 0 Å². The molecule has 0 bridgehead atoms. The van der Waals surface area contributed by atoms with E-state index in [2.05, 4.69) is 5.32 Å². The van der Waals surface area contributed by atoms with E-state index in [0.29, 0.717) is 13.1 Å². The van der Waals surface area contributed by atoms with E-state index in [1.165, 1.54) is 0 Å². The van der Waals surface area contributed by atoms with Crippen LogP contribution in [0.3, 0.4) is 0 Å². The van der Waals surface area contributed by atoms with E-state index in [9.17, 15) is 0 Å². The zero-order valence-electron chi connectivity index (χ0n) is 4.75. The summed E-state index contributed by atoms with van der Waals surface area (Å²) < 4.78 is -0.834. The average molecular weight is 157 g/mol. The van der Waals surface area contributed by atoms with Crippen LogP contribution in [-0.4, -0.2) is 17.5 Å². The van der Waals surface area contributed by atoms with E-state index in [-0.39, 0.29) is 0 Å². The van der Waals surface area contributed by atoms with Crippen LogP contribution in [-0.2, 0) is 0 Å². The summed E-state index contributed by atoms with van der Waals surface area (Å²) >= 11 is 11.0. The summed E-state index contributed by atoms with van der Waals surface area (Å²) in [5, 5.41) is 2.78. The minimum atomic E-state index is -0.834. The Morgan fingerprint density at radius 2 is 2.12 bits per heavy atom. The Bertz CT molecular complexity index is 59.5. The molecule has 0 aromatic carbocycles. The summed E-state index contributed by atoms with van der Waals surface area (Å²) in [5.74, 6) is 0. The molecule has 0 aliphatic carbocycles. The number of hydrogen-bond acceptors (Lipinski definition) is 2. The monoisotopic (exact) mass is 156 g/mol. The number of alkyl halides is 2. The minimum absolute atomic E-state index is 0.551. The lowest BCUT2D eigenvalue weighted by Crippen LogP contribution is -2.34. The molecule has 0 rings (SSSR count). The fraction of sp³-hybridized carbons (Fsp3) is 1.00. The molecule has 0 saturated heterocycles. The molecule has 0 aromatic heterocycles. The van der Waals surface area contributed by atoms with Crippen molar-refractivity contribution < 1.29 is 0 Å². The van der Waals surface area contributed by atoms with E-state index >= 15 is 0 Å². The van der Waals surface area contributed by atoms with Gasteiger partial charge in [0.25, 0.3) is 0 Å². The van der Waals surface area contributed by atoms with E-state index < -0.39 is 4.46 Å². The van der Waals surface area contributed by atoms with E-state index in [0.717, 1.165) is 0 Å². The van der Waals surface area contributed by atoms with Crippen molar-refractivity contribution in [1.82, 2.24) is 5.32 Å². The summed E-state index contributed by atoms with van der Waals surface area (Å²) in [6.45, 7) is 2.85. The maximum absolute atomic E-state index is 5.51. The van der Waals surface area contributed by atoms with Gasteiger partial charge >= 0.3 is 0 Å². The molecular formula is C4H10Cl2N2. The van der Waals surface area contributed by atoms with Crippen molar-refractivity contribution in [2.75, 3.05) is 13.1 Å². The normalized spacial score (nSPS) is 12.0. The van der Waals surface area contributed by atoms with Gasteiger partial charge in [-0.05, 0) is 6.92 Å². The van der Waals surface area contributed by atoms with Gasteiger partial charge in [0.15, 0.2) is 4.46 Å². The third-order valence-electron chi connectivity index (χ3n) is 0.580. The van der Waals surface area contributed by atoms with Crippen LogP contribution in [0.15, 0.2) is 0 Å². The van der Waals surface area contributed by atoms with Gasteiger partial charge in [0.1, 0.15) is 0 Å². The molecule has 50 valence electrons. The quantitative estimate of drug-likeness (QED) is 0.467. The average Bonchev–Trinajstić information content (AvgIpc) is 1.59. The molecule has 0 unspecified atom stereocenters. The second kappa shape index (κ2) is 3.51. The van der Waals surface area contributed by atoms with Gasteiger partial charge in [-0.15, -0.1) is 0 Å². The Balaban J connectivity index is 3.11. The number of nitrogens with two attached hydrogens (primary N) is 1. The summed E-state index contributed by atoms with van der Waals surface area (Å²) in [5.41, 5.74) is 5.16. The van der Waals surface area contributed by atoms with Crippen molar-refractivity contribution in [3.8, 4) is 0 Å². The molecule has 0 heterocycles. The molecule has 0 aromatic rings. The smallest absolute Gasteiger partial charge is 0.166 e. The second-order valence-corrected chi connectivity index (χ2v) is 3.31. The van der Waals surface area contributed by atoms with Crippen molar-refractivity contribution in [2.45, 2.75) is 11.4 Å². The number of nitrogens with one attached hydrogen (secondary N) is 1. The highest BCUT2D eigenvalue weighted by Crippen LogP contribution is 2.13. The highest BCUT2D eigenvalue weighted by atomic mass is 35.5. The van der Waals surface area contributed by atoms with Crippen LogP contribution in [0.1, 0.15) is 6.92 Å². The zero-order valence-corrected chi connectivity index (χ0v) is 6.26. The summed E-state index contributed by atoms with van der Waals surface area (Å²) in [6, 6.07) is 0.